The summed E-state index contributed by atoms with van der Waals surface area (Å²) in [6, 6.07) is 0. The van der Waals surface area contributed by atoms with E-state index in [1.54, 1.807) is 0 Å². The lowest BCUT2D eigenvalue weighted by molar-refractivity contribution is -0.440. The summed E-state index contributed by atoms with van der Waals surface area (Å²) >= 11 is 4.69. The van der Waals surface area contributed by atoms with Crippen LogP contribution in [0.1, 0.15) is 96.8 Å². The van der Waals surface area contributed by atoms with Crippen molar-refractivity contribution in [3.63, 3.8) is 0 Å². The number of nitrogens with zero attached hydrogens (tertiary/aromatic N) is 1. The summed E-state index contributed by atoms with van der Waals surface area (Å²) in [4.78, 5) is 0.0865. The Balaban J connectivity index is 6.21. The molecule has 0 fully saturated rings. The summed E-state index contributed by atoms with van der Waals surface area (Å²) in [7, 11) is 0. The molecule has 360 valence electrons. The van der Waals surface area contributed by atoms with Crippen LogP contribution in [0.2, 0.25) is 0 Å². The van der Waals surface area contributed by atoms with Crippen molar-refractivity contribution in [3.8, 4) is 0 Å². The van der Waals surface area contributed by atoms with Crippen molar-refractivity contribution >= 4 is 17.4 Å². The van der Waals surface area contributed by atoms with E-state index in [4.69, 9.17) is 4.74 Å². The number of ether oxygens (including phenoxy) is 1. The van der Waals surface area contributed by atoms with Crippen LogP contribution in [-0.2, 0) is 4.74 Å². The van der Waals surface area contributed by atoms with Crippen LogP contribution >= 0.6 is 12.2 Å². The van der Waals surface area contributed by atoms with Gasteiger partial charge in [-0.1, -0.05) is 64.7 Å². The molecule has 0 bridgehead atoms. The Morgan fingerprint density at radius 1 is 0.367 bits per heavy atom. The van der Waals surface area contributed by atoms with E-state index in [-0.39, 0.29) is 11.3 Å². The largest absolute Gasteiger partial charge is 0.471 e. The van der Waals surface area contributed by atoms with E-state index in [1.807, 2.05) is 6.92 Å². The van der Waals surface area contributed by atoms with E-state index < -0.39 is 122 Å². The molecule has 0 atom stereocenters. The summed E-state index contributed by atoms with van der Waals surface area (Å²) in [5.41, 5.74) is 0. The average molecular weight is 966 g/mol. The minimum absolute atomic E-state index is 0.0656. The molecule has 0 spiro atoms. The average Bonchev–Trinajstić information content (AvgIpc) is 3.07. The number of thiocarbonyl (C=S) groups is 1. The van der Waals surface area contributed by atoms with Crippen LogP contribution in [0.15, 0.2) is 0 Å². The van der Waals surface area contributed by atoms with E-state index in [2.05, 4.69) is 12.2 Å². The van der Waals surface area contributed by atoms with Gasteiger partial charge in [0.2, 0.25) is 0 Å². The van der Waals surface area contributed by atoms with Crippen molar-refractivity contribution in [1.29, 1.82) is 0 Å². The second kappa shape index (κ2) is 20.1. The van der Waals surface area contributed by atoms with Crippen molar-refractivity contribution in [1.82, 2.24) is 4.90 Å². The molecule has 0 aromatic carbocycles. The van der Waals surface area contributed by atoms with Gasteiger partial charge in [-0.15, -0.1) is 0 Å². The van der Waals surface area contributed by atoms with Crippen LogP contribution in [0.5, 0.6) is 0 Å². The molecule has 0 N–H and O–H groups in total. The third-order valence-electron chi connectivity index (χ3n) is 8.82. The van der Waals surface area contributed by atoms with Gasteiger partial charge in [0.1, 0.15) is 0 Å². The number of alkyl halides is 26. The SMILES string of the molecule is CCCCCCCCCCCCOC(=S)N(CCCC(F)(F)C(F)(F)C(F)(F)C(F)(F)C(F)(F)C(F)(F)F)CCCC(F)(F)C(F)(F)C(F)(F)C(F)(F)C(F)(F)C(F)(F)F. The van der Waals surface area contributed by atoms with Crippen LogP contribution in [0.4, 0.5) is 114 Å². The van der Waals surface area contributed by atoms with Gasteiger partial charge in [0.15, 0.2) is 0 Å². The smallest absolute Gasteiger partial charge is 0.460 e. The summed E-state index contributed by atoms with van der Waals surface area (Å²) in [6.45, 7) is -1.59. The highest BCUT2D eigenvalue weighted by atomic mass is 32.1. The quantitative estimate of drug-likeness (QED) is 0.0462. The van der Waals surface area contributed by atoms with Crippen LogP contribution in [0.3, 0.4) is 0 Å². The number of rotatable bonds is 27. The molecule has 0 saturated carbocycles. The summed E-state index contributed by atoms with van der Waals surface area (Å²) < 4.78 is 355. The molecule has 0 aliphatic heterocycles. The monoisotopic (exact) mass is 965 g/mol. The molecular weight excluding hydrogens is 928 g/mol. The van der Waals surface area contributed by atoms with Crippen molar-refractivity contribution in [3.05, 3.63) is 0 Å². The predicted octanol–water partition coefficient (Wildman–Crippen LogP) is 14.5. The van der Waals surface area contributed by atoms with Gasteiger partial charge in [0, 0.05) is 25.9 Å². The molecule has 0 aromatic rings. The third-order valence-corrected chi connectivity index (χ3v) is 9.19. The molecular formula is C31H37F26NOS. The fraction of sp³-hybridized carbons (Fsp3) is 0.968. The van der Waals surface area contributed by atoms with Crippen LogP contribution < -0.4 is 0 Å². The van der Waals surface area contributed by atoms with Gasteiger partial charge in [-0.05, 0) is 31.5 Å². The highest BCUT2D eigenvalue weighted by Gasteiger charge is 2.92. The molecule has 0 unspecified atom stereocenters. The first-order chi connectivity index (χ1) is 26.5. The minimum atomic E-state index is -8.25. The molecule has 0 radical (unpaired) electrons. The Hall–Kier alpha value is -2.13. The maximum Gasteiger partial charge on any atom is 0.460 e. The lowest BCUT2D eigenvalue weighted by atomic mass is 9.91. The van der Waals surface area contributed by atoms with E-state index in [1.165, 1.54) is 0 Å². The van der Waals surface area contributed by atoms with Crippen molar-refractivity contribution in [2.24, 2.45) is 0 Å². The lowest BCUT2D eigenvalue weighted by Crippen LogP contribution is -2.70. The topological polar surface area (TPSA) is 12.5 Å². The zero-order valence-corrected chi connectivity index (χ0v) is 31.4. The van der Waals surface area contributed by atoms with Crippen molar-refractivity contribution in [2.45, 2.75) is 168 Å². The molecule has 0 aliphatic carbocycles. The first-order valence-corrected chi connectivity index (χ1v) is 17.8. The number of hydrogen-bond donors (Lipinski definition) is 0. The van der Waals surface area contributed by atoms with Crippen LogP contribution in [0.25, 0.3) is 0 Å². The fourth-order valence-electron chi connectivity index (χ4n) is 5.04. The summed E-state index contributed by atoms with van der Waals surface area (Å²) in [5, 5.41) is -1.13. The maximum atomic E-state index is 14.3. The second-order valence-electron chi connectivity index (χ2n) is 13.5. The van der Waals surface area contributed by atoms with E-state index in [9.17, 15) is 114 Å². The van der Waals surface area contributed by atoms with Crippen molar-refractivity contribution < 1.29 is 119 Å². The van der Waals surface area contributed by atoms with Gasteiger partial charge in [0.25, 0.3) is 5.17 Å². The van der Waals surface area contributed by atoms with Crippen LogP contribution in [-0.4, -0.2) is 101 Å². The highest BCUT2D eigenvalue weighted by molar-refractivity contribution is 7.80. The highest BCUT2D eigenvalue weighted by Crippen LogP contribution is 2.62. The van der Waals surface area contributed by atoms with Gasteiger partial charge in [-0.2, -0.15) is 114 Å². The Bertz CT molecular complexity index is 1250. The molecule has 0 rings (SSSR count). The van der Waals surface area contributed by atoms with Crippen LogP contribution in [0, 0.1) is 0 Å². The summed E-state index contributed by atoms with van der Waals surface area (Å²) in [6.07, 6.45) is -17.6. The van der Waals surface area contributed by atoms with Gasteiger partial charge in [-0.25, -0.2) is 0 Å². The first kappa shape index (κ1) is 57.9. The molecule has 0 aliphatic rings. The lowest BCUT2D eigenvalue weighted by Gasteiger charge is -2.40. The molecule has 29 heteroatoms. The zero-order valence-electron chi connectivity index (χ0n) is 30.6. The van der Waals surface area contributed by atoms with E-state index in [0.29, 0.717) is 19.3 Å². The zero-order chi connectivity index (χ0) is 47.9. The Morgan fingerprint density at radius 2 is 0.633 bits per heavy atom. The van der Waals surface area contributed by atoms with Gasteiger partial charge >= 0.3 is 71.6 Å². The predicted molar refractivity (Wildman–Crippen MR) is 162 cm³/mol. The number of halogens is 26. The molecule has 2 nitrogen and oxygen atoms in total. The Kier molecular flexibility index (Phi) is 19.4. The summed E-state index contributed by atoms with van der Waals surface area (Å²) in [5.74, 6) is -77.8. The molecule has 0 amide bonds. The third kappa shape index (κ3) is 11.9. The second-order valence-corrected chi connectivity index (χ2v) is 13.8. The fourth-order valence-corrected chi connectivity index (χ4v) is 5.30. The van der Waals surface area contributed by atoms with Gasteiger partial charge in [0.05, 0.1) is 6.61 Å². The molecule has 0 heterocycles. The normalized spacial score (nSPS) is 15.1. The molecule has 60 heavy (non-hydrogen) atoms. The molecule has 0 saturated heterocycles. The number of unbranched alkanes of at least 4 members (excludes halogenated alkanes) is 9. The van der Waals surface area contributed by atoms with Crippen molar-refractivity contribution in [2.75, 3.05) is 19.7 Å². The van der Waals surface area contributed by atoms with E-state index >= 15 is 0 Å². The maximum absolute atomic E-state index is 14.3. The van der Waals surface area contributed by atoms with E-state index in [0.717, 1.165) is 38.5 Å². The van der Waals surface area contributed by atoms with Gasteiger partial charge < -0.3 is 9.64 Å². The standard InChI is InChI=1S/C31H37F26NOS/c1-2-3-4-5-6-7-8-9-10-11-18-59-19(60)58(16-12-14-20(32,33)22(36,37)24(40,41)26(44,45)28(48,49)30(52,53)54)17-13-15-21(34,35)23(38,39)25(42,43)27(46,47)29(50,51)31(55,56)57/h2-18H2,1H3. The Labute approximate surface area is 329 Å². The number of hydrogen-bond acceptors (Lipinski definition) is 2. The minimum Gasteiger partial charge on any atom is -0.471 e. The first-order valence-electron chi connectivity index (χ1n) is 17.4. The van der Waals surface area contributed by atoms with Gasteiger partial charge in [-0.3, -0.25) is 0 Å². The molecule has 0 aromatic heterocycles. The Morgan fingerprint density at radius 3 is 0.917 bits per heavy atom.